The highest BCUT2D eigenvalue weighted by molar-refractivity contribution is 7.85. The van der Waals surface area contributed by atoms with Gasteiger partial charge in [0, 0.05) is 48.8 Å². The molecule has 1 spiro atoms. The Morgan fingerprint density at radius 2 is 0.933 bits per heavy atom. The fraction of sp³-hybridized carbons (Fsp3) is 0.0179. The molecule has 12 rings (SSSR count). The first kappa shape index (κ1) is 34.7. The zero-order chi connectivity index (χ0) is 39.8. The maximum absolute atomic E-state index is 15.1. The molecule has 2 aliphatic rings. The molecule has 10 aromatic rings. The number of hydrogen-bond acceptors (Lipinski definition) is 3. The van der Waals surface area contributed by atoms with Crippen LogP contribution in [0.4, 0.5) is 0 Å². The van der Waals surface area contributed by atoms with Crippen molar-refractivity contribution in [1.82, 2.24) is 4.98 Å². The zero-order valence-electron chi connectivity index (χ0n) is 32.5. The molecule has 0 fully saturated rings. The second kappa shape index (κ2) is 13.4. The Labute approximate surface area is 348 Å². The molecule has 0 radical (unpaired) electrons. The average Bonchev–Trinajstić information content (AvgIpc) is 3.62. The van der Waals surface area contributed by atoms with E-state index in [4.69, 9.17) is 9.72 Å². The highest BCUT2D eigenvalue weighted by Crippen LogP contribution is 2.63. The molecule has 0 atom stereocenters. The first-order chi connectivity index (χ1) is 29.6. The Balaban J connectivity index is 1.10. The van der Waals surface area contributed by atoms with Crippen LogP contribution >= 0.6 is 7.14 Å². The predicted octanol–water partition coefficient (Wildman–Crippen LogP) is 12.8. The number of aromatic nitrogens is 1. The van der Waals surface area contributed by atoms with Crippen LogP contribution in [0.5, 0.6) is 11.5 Å². The molecule has 60 heavy (non-hydrogen) atoms. The Bertz CT molecular complexity index is 3270. The summed E-state index contributed by atoms with van der Waals surface area (Å²) >= 11 is 0. The van der Waals surface area contributed by atoms with Crippen LogP contribution in [-0.2, 0) is 9.98 Å². The van der Waals surface area contributed by atoms with Gasteiger partial charge in [0.15, 0.2) is 7.14 Å². The number of nitrogens with zero attached hydrogens (tertiary/aromatic N) is 1. The van der Waals surface area contributed by atoms with Crippen LogP contribution in [0.2, 0.25) is 0 Å². The van der Waals surface area contributed by atoms with Gasteiger partial charge in [0.05, 0.1) is 16.6 Å². The van der Waals surface area contributed by atoms with E-state index in [1.807, 2.05) is 72.8 Å². The summed E-state index contributed by atoms with van der Waals surface area (Å²) in [6, 6.07) is 75.8. The fourth-order valence-electron chi connectivity index (χ4n) is 10.0. The minimum Gasteiger partial charge on any atom is -0.457 e. The van der Waals surface area contributed by atoms with Crippen molar-refractivity contribution in [2.45, 2.75) is 5.41 Å². The summed E-state index contributed by atoms with van der Waals surface area (Å²) in [7, 11) is -3.11. The van der Waals surface area contributed by atoms with Gasteiger partial charge in [-0.15, -0.1) is 0 Å². The maximum Gasteiger partial charge on any atom is 0.171 e. The number of pyridine rings is 1. The molecule has 1 aromatic heterocycles. The highest BCUT2D eigenvalue weighted by Gasteiger charge is 2.51. The smallest absolute Gasteiger partial charge is 0.171 e. The van der Waals surface area contributed by atoms with Crippen LogP contribution < -0.4 is 20.7 Å². The molecule has 3 nitrogen and oxygen atoms in total. The Kier molecular flexibility index (Phi) is 7.73. The summed E-state index contributed by atoms with van der Waals surface area (Å²) in [5.41, 5.74) is 11.7. The van der Waals surface area contributed by atoms with Crippen LogP contribution in [0.25, 0.3) is 55.2 Å². The van der Waals surface area contributed by atoms with Gasteiger partial charge in [-0.2, -0.15) is 0 Å². The van der Waals surface area contributed by atoms with E-state index >= 15 is 4.57 Å². The second-order valence-electron chi connectivity index (χ2n) is 15.7. The molecule has 0 bridgehead atoms. The van der Waals surface area contributed by atoms with Crippen molar-refractivity contribution >= 4 is 44.7 Å². The Morgan fingerprint density at radius 3 is 1.58 bits per heavy atom. The summed E-state index contributed by atoms with van der Waals surface area (Å²) in [4.78, 5) is 5.49. The number of rotatable bonds is 5. The van der Waals surface area contributed by atoms with Gasteiger partial charge in [0.2, 0.25) is 0 Å². The monoisotopic (exact) mass is 785 g/mol. The Hall–Kier alpha value is -7.32. The molecule has 0 saturated heterocycles. The van der Waals surface area contributed by atoms with Gasteiger partial charge in [-0.3, -0.25) is 0 Å². The molecule has 1 aliphatic heterocycles. The number of ether oxygens (including phenoxy) is 1. The number of hydrogen-bond donors (Lipinski definition) is 0. The van der Waals surface area contributed by atoms with Crippen molar-refractivity contribution < 1.29 is 9.30 Å². The molecule has 0 saturated carbocycles. The molecule has 0 amide bonds. The van der Waals surface area contributed by atoms with Crippen molar-refractivity contribution in [3.63, 3.8) is 0 Å². The van der Waals surface area contributed by atoms with E-state index in [-0.39, 0.29) is 0 Å². The van der Waals surface area contributed by atoms with E-state index in [2.05, 4.69) is 146 Å². The van der Waals surface area contributed by atoms with Crippen molar-refractivity contribution in [3.05, 3.63) is 241 Å². The van der Waals surface area contributed by atoms with Gasteiger partial charge in [-0.1, -0.05) is 200 Å². The molecule has 4 heteroatoms. The molecule has 2 heterocycles. The van der Waals surface area contributed by atoms with Crippen LogP contribution in [0, 0.1) is 0 Å². The normalized spacial score (nSPS) is 13.3. The molecular formula is C56H36NO2P. The number of para-hydroxylation sites is 2. The second-order valence-corrected chi connectivity index (χ2v) is 18.5. The van der Waals surface area contributed by atoms with E-state index in [1.165, 1.54) is 27.6 Å². The topological polar surface area (TPSA) is 39.2 Å². The largest absolute Gasteiger partial charge is 0.457 e. The lowest BCUT2D eigenvalue weighted by molar-refractivity contribution is 0.436. The minimum absolute atomic E-state index is 0.575. The van der Waals surface area contributed by atoms with Gasteiger partial charge in [0.25, 0.3) is 0 Å². The summed E-state index contributed by atoms with van der Waals surface area (Å²) < 4.78 is 21.8. The lowest BCUT2D eigenvalue weighted by Gasteiger charge is -2.39. The molecule has 0 unspecified atom stereocenters. The SMILES string of the molecule is O=P(c1ccccc1)(c1ccccc1)c1ccc(-c2ccc3c(c2)nc(-c2ccccc2)c2ccc4c(c23)-c2ccccc2C42c3ccccc3Oc3ccccc32)cc1. The zero-order valence-corrected chi connectivity index (χ0v) is 33.4. The van der Waals surface area contributed by atoms with Gasteiger partial charge in [0.1, 0.15) is 11.5 Å². The van der Waals surface area contributed by atoms with E-state index in [0.717, 1.165) is 77.2 Å². The van der Waals surface area contributed by atoms with E-state index in [9.17, 15) is 0 Å². The highest BCUT2D eigenvalue weighted by atomic mass is 31.2. The molecular weight excluding hydrogens is 750 g/mol. The fourth-order valence-corrected chi connectivity index (χ4v) is 12.7. The van der Waals surface area contributed by atoms with Gasteiger partial charge in [-0.25, -0.2) is 4.98 Å². The molecule has 282 valence electrons. The van der Waals surface area contributed by atoms with Crippen LogP contribution in [-0.4, -0.2) is 4.98 Å². The average molecular weight is 786 g/mol. The van der Waals surface area contributed by atoms with Crippen LogP contribution in [0.3, 0.4) is 0 Å². The summed E-state index contributed by atoms with van der Waals surface area (Å²) in [6.07, 6.45) is 0. The lowest BCUT2D eigenvalue weighted by atomic mass is 9.66. The van der Waals surface area contributed by atoms with Crippen molar-refractivity contribution in [2.24, 2.45) is 0 Å². The lowest BCUT2D eigenvalue weighted by Crippen LogP contribution is -2.32. The quantitative estimate of drug-likeness (QED) is 0.129. The Morgan fingerprint density at radius 1 is 0.417 bits per heavy atom. The van der Waals surface area contributed by atoms with E-state index < -0.39 is 12.6 Å². The number of fused-ring (bicyclic) bond motifs is 13. The maximum atomic E-state index is 15.1. The standard InChI is InChI=1S/C56H36NO2P/c58-60(40-18-6-2-7-19-40,41-20-8-3-9-21-41)42-31-28-37(29-32-42)39-30-33-44-50(36-39)57-55(38-16-4-1-5-17-38)45-34-35-49-54(53(44)45)43-22-10-11-23-46(43)56(49)47-24-12-14-26-51(47)59-52-27-15-13-25-48(52)56/h1-36H. The predicted molar refractivity (Wildman–Crippen MR) is 247 cm³/mol. The van der Waals surface area contributed by atoms with Crippen molar-refractivity contribution in [3.8, 4) is 45.0 Å². The summed E-state index contributed by atoms with van der Waals surface area (Å²) in [5, 5.41) is 5.85. The minimum atomic E-state index is -3.11. The van der Waals surface area contributed by atoms with E-state index in [1.54, 1.807) is 0 Å². The van der Waals surface area contributed by atoms with Gasteiger partial charge < -0.3 is 9.30 Å². The van der Waals surface area contributed by atoms with Crippen LogP contribution in [0.15, 0.2) is 218 Å². The third-order valence-corrected chi connectivity index (χ3v) is 15.7. The van der Waals surface area contributed by atoms with Gasteiger partial charge in [-0.05, 0) is 51.6 Å². The number of benzene rings is 9. The van der Waals surface area contributed by atoms with E-state index in [0.29, 0.717) is 0 Å². The first-order valence-corrected chi connectivity index (χ1v) is 22.1. The third-order valence-electron chi connectivity index (χ3n) is 12.6. The van der Waals surface area contributed by atoms with Crippen molar-refractivity contribution in [1.29, 1.82) is 0 Å². The third kappa shape index (κ3) is 4.91. The first-order valence-electron chi connectivity index (χ1n) is 20.4. The van der Waals surface area contributed by atoms with Gasteiger partial charge >= 0.3 is 0 Å². The van der Waals surface area contributed by atoms with Crippen LogP contribution in [0.1, 0.15) is 22.3 Å². The molecule has 9 aromatic carbocycles. The summed E-state index contributed by atoms with van der Waals surface area (Å²) in [5.74, 6) is 1.76. The molecule has 0 N–H and O–H groups in total. The molecule has 1 aliphatic carbocycles. The summed E-state index contributed by atoms with van der Waals surface area (Å²) in [6.45, 7) is 0. The van der Waals surface area contributed by atoms with Crippen molar-refractivity contribution in [2.75, 3.05) is 0 Å².